The van der Waals surface area contributed by atoms with Crippen LogP contribution < -0.4 is 30.5 Å². The number of carbonyl (C=O) groups excluding carboxylic acids is 4. The lowest BCUT2D eigenvalue weighted by Crippen LogP contribution is -2.47. The monoisotopic (exact) mass is 824 g/mol. The maximum Gasteiger partial charge on any atom is 0.419 e. The van der Waals surface area contributed by atoms with E-state index in [1.807, 2.05) is 13.0 Å². The van der Waals surface area contributed by atoms with Gasteiger partial charge in [-0.1, -0.05) is 18.5 Å². The predicted molar refractivity (Wildman–Crippen MR) is 211 cm³/mol. The Hall–Kier alpha value is -5.31. The van der Waals surface area contributed by atoms with Crippen LogP contribution in [0.25, 0.3) is 0 Å². The van der Waals surface area contributed by atoms with E-state index in [1.54, 1.807) is 49.1 Å². The van der Waals surface area contributed by atoms with Crippen molar-refractivity contribution >= 4 is 75.3 Å². The Morgan fingerprint density at radius 1 is 1.09 bits per heavy atom. The summed E-state index contributed by atoms with van der Waals surface area (Å²) in [4.78, 5) is 58.6. The molecule has 13 nitrogen and oxygen atoms in total. The highest BCUT2D eigenvalue weighted by atomic mass is 35.5. The first kappa shape index (κ1) is 41.3. The number of piperidine rings is 2. The van der Waals surface area contributed by atoms with Gasteiger partial charge in [-0.05, 0) is 119 Å². The molecule has 1 aromatic heterocycles. The van der Waals surface area contributed by atoms with E-state index in [0.717, 1.165) is 29.5 Å². The van der Waals surface area contributed by atoms with E-state index in [4.69, 9.17) is 33.8 Å². The van der Waals surface area contributed by atoms with Gasteiger partial charge in [-0.15, -0.1) is 0 Å². The third kappa shape index (κ3) is 9.14. The summed E-state index contributed by atoms with van der Waals surface area (Å²) in [6.07, 6.45) is -1.05. The number of nitriles is 1. The molecule has 1 unspecified atom stereocenters. The summed E-state index contributed by atoms with van der Waals surface area (Å²) in [6.45, 7) is 7.22. The summed E-state index contributed by atoms with van der Waals surface area (Å²) in [5.41, 5.74) is -1.07. The van der Waals surface area contributed by atoms with Gasteiger partial charge in [-0.2, -0.15) is 18.4 Å². The van der Waals surface area contributed by atoms with E-state index in [9.17, 15) is 32.3 Å². The summed E-state index contributed by atoms with van der Waals surface area (Å²) in [5, 5.41) is 17.8. The van der Waals surface area contributed by atoms with Crippen molar-refractivity contribution in [1.82, 2.24) is 15.2 Å². The first-order chi connectivity index (χ1) is 27.0. The van der Waals surface area contributed by atoms with Crippen molar-refractivity contribution in [2.45, 2.75) is 70.6 Å². The molecule has 3 fully saturated rings. The second kappa shape index (κ2) is 16.7. The summed E-state index contributed by atoms with van der Waals surface area (Å²) >= 11 is 12.0. The van der Waals surface area contributed by atoms with Crippen molar-refractivity contribution in [2.75, 3.05) is 46.7 Å². The Kier molecular flexibility index (Phi) is 12.1. The lowest BCUT2D eigenvalue weighted by atomic mass is 9.97. The number of benzene rings is 2. The Balaban J connectivity index is 1.03. The number of ether oxygens (including phenoxy) is 1. The van der Waals surface area contributed by atoms with E-state index in [0.29, 0.717) is 66.4 Å². The lowest BCUT2D eigenvalue weighted by Gasteiger charge is -2.32. The average Bonchev–Trinajstić information content (AvgIpc) is 3.33. The highest BCUT2D eigenvalue weighted by Crippen LogP contribution is 2.40. The normalized spacial score (nSPS) is 19.0. The number of nitrogens with zero attached hydrogens (tertiary/aromatic N) is 5. The quantitative estimate of drug-likeness (QED) is 0.153. The summed E-state index contributed by atoms with van der Waals surface area (Å²) in [6, 6.07) is 11.9. The number of halogens is 4. The van der Waals surface area contributed by atoms with Crippen LogP contribution in [0.5, 0.6) is 5.75 Å². The molecule has 0 saturated carbocycles. The number of pyridine rings is 1. The van der Waals surface area contributed by atoms with Crippen LogP contribution in [0.4, 0.5) is 35.9 Å². The molecule has 0 spiro atoms. The largest absolute Gasteiger partial charge is 0.493 e. The SMILES string of the molecule is CCc1cc(N2C(=S)N(c3cnc(C#N)c(C(F)(F)F)c3)C(=O)C2(C)C)ccc1OCC1CCN(CC(=O)Nc2cc(Cl)cc(NC3CCC(=O)NC3=O)c2)CC1. The van der Waals surface area contributed by atoms with Gasteiger partial charge in [-0.25, -0.2) is 4.98 Å². The smallest absolute Gasteiger partial charge is 0.419 e. The van der Waals surface area contributed by atoms with Crippen LogP contribution in [-0.4, -0.2) is 76.4 Å². The maximum atomic E-state index is 13.7. The van der Waals surface area contributed by atoms with Gasteiger partial charge in [0.15, 0.2) is 10.8 Å². The molecule has 1 atom stereocenters. The molecule has 2 aromatic carbocycles. The summed E-state index contributed by atoms with van der Waals surface area (Å²) in [7, 11) is 0. The number of nitrogens with one attached hydrogen (secondary N) is 3. The fourth-order valence-electron chi connectivity index (χ4n) is 7.16. The Labute approximate surface area is 337 Å². The molecule has 3 aromatic rings. The minimum Gasteiger partial charge on any atom is -0.493 e. The predicted octanol–water partition coefficient (Wildman–Crippen LogP) is 6.05. The third-order valence-electron chi connectivity index (χ3n) is 10.2. The van der Waals surface area contributed by atoms with Crippen LogP contribution in [0, 0.1) is 17.2 Å². The molecule has 4 amide bonds. The van der Waals surface area contributed by atoms with Gasteiger partial charge in [0.1, 0.15) is 23.4 Å². The van der Waals surface area contributed by atoms with Gasteiger partial charge in [0.25, 0.3) is 5.91 Å². The van der Waals surface area contributed by atoms with Gasteiger partial charge < -0.3 is 20.3 Å². The number of likely N-dealkylation sites (tertiary alicyclic amines) is 1. The van der Waals surface area contributed by atoms with E-state index >= 15 is 0 Å². The Morgan fingerprint density at radius 2 is 1.81 bits per heavy atom. The van der Waals surface area contributed by atoms with Crippen LogP contribution in [0.1, 0.15) is 63.3 Å². The molecule has 3 aliphatic rings. The van der Waals surface area contributed by atoms with Gasteiger partial charge in [-0.3, -0.25) is 34.3 Å². The molecule has 18 heteroatoms. The van der Waals surface area contributed by atoms with Crippen LogP contribution >= 0.6 is 23.8 Å². The molecule has 300 valence electrons. The number of imide groups is 1. The third-order valence-corrected chi connectivity index (χ3v) is 10.8. The number of hydrogen-bond acceptors (Lipinski definition) is 10. The van der Waals surface area contributed by atoms with Gasteiger partial charge >= 0.3 is 6.18 Å². The fourth-order valence-corrected chi connectivity index (χ4v) is 7.92. The van der Waals surface area contributed by atoms with Crippen molar-refractivity contribution in [3.05, 3.63) is 70.5 Å². The molecular weight excluding hydrogens is 785 g/mol. The molecule has 4 heterocycles. The number of amides is 4. The number of thiocarbonyl (C=S) groups is 1. The van der Waals surface area contributed by atoms with Crippen molar-refractivity contribution in [3.63, 3.8) is 0 Å². The molecule has 3 N–H and O–H groups in total. The summed E-state index contributed by atoms with van der Waals surface area (Å²) in [5.74, 6) is -0.586. The van der Waals surface area contributed by atoms with Crippen molar-refractivity contribution in [2.24, 2.45) is 5.92 Å². The van der Waals surface area contributed by atoms with E-state index < -0.39 is 40.8 Å². The molecular formula is C39H40ClF3N8O5S. The highest BCUT2D eigenvalue weighted by Gasteiger charge is 2.51. The van der Waals surface area contributed by atoms with Crippen LogP contribution in [0.2, 0.25) is 5.02 Å². The fraction of sp³-hybridized carbons (Fsp3) is 0.410. The summed E-state index contributed by atoms with van der Waals surface area (Å²) < 4.78 is 47.5. The minimum atomic E-state index is -4.86. The molecule has 0 bridgehead atoms. The maximum absolute atomic E-state index is 13.7. The van der Waals surface area contributed by atoms with Crippen molar-refractivity contribution < 1.29 is 37.1 Å². The molecule has 57 heavy (non-hydrogen) atoms. The Bertz CT molecular complexity index is 2150. The first-order valence-corrected chi connectivity index (χ1v) is 19.1. The van der Waals surface area contributed by atoms with Crippen molar-refractivity contribution in [1.29, 1.82) is 5.26 Å². The van der Waals surface area contributed by atoms with Gasteiger partial charge in [0.2, 0.25) is 17.7 Å². The van der Waals surface area contributed by atoms with Gasteiger partial charge in [0, 0.05) is 28.5 Å². The molecule has 6 rings (SSSR count). The topological polar surface area (TPSA) is 160 Å². The zero-order valence-corrected chi connectivity index (χ0v) is 32.9. The van der Waals surface area contributed by atoms with Gasteiger partial charge in [0.05, 0.1) is 30.6 Å². The number of aryl methyl sites for hydroxylation is 1. The molecule has 0 radical (unpaired) electrons. The first-order valence-electron chi connectivity index (χ1n) is 18.3. The zero-order chi connectivity index (χ0) is 41.2. The number of anilines is 4. The molecule has 3 aliphatic heterocycles. The van der Waals surface area contributed by atoms with Crippen LogP contribution in [0.15, 0.2) is 48.7 Å². The minimum absolute atomic E-state index is 0.0279. The number of aromatic nitrogens is 1. The second-order valence-corrected chi connectivity index (χ2v) is 15.4. The molecule has 3 saturated heterocycles. The van der Waals surface area contributed by atoms with E-state index in [-0.39, 0.29) is 41.5 Å². The number of carbonyl (C=O) groups is 4. The number of alkyl halides is 3. The highest BCUT2D eigenvalue weighted by molar-refractivity contribution is 7.81. The van der Waals surface area contributed by atoms with E-state index in [2.05, 4.69) is 25.8 Å². The average molecular weight is 825 g/mol. The Morgan fingerprint density at radius 3 is 2.47 bits per heavy atom. The standard InChI is InChI=1S/C39H40ClF3N8O5S/c1-4-23-13-27(51-37(57)50(36(55)38(51,2)3)28-17-29(39(41,42)43)31(18-44)45-19-28)5-7-32(23)56-21-22-9-11-49(12-10-22)20-34(53)47-26-15-24(40)14-25(16-26)46-30-6-8-33(52)48-35(30)54/h5,7,13-17,19,22,30,46H,4,6,8-12,20-21H2,1-3H3,(H,47,53)(H,48,52,54). The number of hydrogen-bond donors (Lipinski definition) is 3. The van der Waals surface area contributed by atoms with Crippen LogP contribution in [-0.2, 0) is 31.8 Å². The second-order valence-electron chi connectivity index (χ2n) is 14.6. The van der Waals surface area contributed by atoms with Crippen LogP contribution in [0.3, 0.4) is 0 Å². The number of rotatable bonds is 11. The van der Waals surface area contributed by atoms with E-state index in [1.165, 1.54) is 6.07 Å². The lowest BCUT2D eigenvalue weighted by molar-refractivity contribution is -0.138. The molecule has 0 aliphatic carbocycles. The van der Waals surface area contributed by atoms with Crippen molar-refractivity contribution in [3.8, 4) is 11.8 Å². The zero-order valence-electron chi connectivity index (χ0n) is 31.3.